The molecule has 4 nitrogen and oxygen atoms in total. The van der Waals surface area contributed by atoms with Gasteiger partial charge in [-0.05, 0) is 43.4 Å². The van der Waals surface area contributed by atoms with Crippen molar-refractivity contribution >= 4 is 33.2 Å². The lowest BCUT2D eigenvalue weighted by Gasteiger charge is -2.26. The highest BCUT2D eigenvalue weighted by molar-refractivity contribution is 7.88. The van der Waals surface area contributed by atoms with Crippen LogP contribution in [0.5, 0.6) is 0 Å². The number of nitrogens with one attached hydrogen (secondary N) is 1. The molecule has 24 heavy (non-hydrogen) atoms. The average molecular weight is 387 g/mol. The highest BCUT2D eigenvalue weighted by Crippen LogP contribution is 2.25. The van der Waals surface area contributed by atoms with Crippen LogP contribution in [0.15, 0.2) is 48.5 Å². The molecule has 7 heteroatoms. The maximum Gasteiger partial charge on any atom is 0.215 e. The van der Waals surface area contributed by atoms with E-state index in [1.807, 2.05) is 37.2 Å². The van der Waals surface area contributed by atoms with E-state index in [2.05, 4.69) is 4.72 Å². The topological polar surface area (TPSA) is 49.4 Å². The molecule has 0 aromatic heterocycles. The van der Waals surface area contributed by atoms with E-state index in [-0.39, 0.29) is 18.3 Å². The zero-order valence-corrected chi connectivity index (χ0v) is 15.9. The molecular weight excluding hydrogens is 367 g/mol. The molecule has 0 aliphatic rings. The minimum Gasteiger partial charge on any atom is -0.301 e. The van der Waals surface area contributed by atoms with E-state index in [1.165, 1.54) is 0 Å². The van der Waals surface area contributed by atoms with Gasteiger partial charge in [-0.25, -0.2) is 13.1 Å². The van der Waals surface area contributed by atoms with E-state index in [0.717, 1.165) is 5.56 Å². The Hall–Kier alpha value is -1.11. The van der Waals surface area contributed by atoms with Crippen LogP contribution in [-0.2, 0) is 15.8 Å². The van der Waals surface area contributed by atoms with E-state index in [4.69, 9.17) is 23.2 Å². The van der Waals surface area contributed by atoms with E-state index in [9.17, 15) is 8.42 Å². The Bertz CT molecular complexity index is 777. The third kappa shape index (κ3) is 5.46. The Morgan fingerprint density at radius 2 is 1.67 bits per heavy atom. The van der Waals surface area contributed by atoms with Crippen LogP contribution in [0.4, 0.5) is 0 Å². The second kappa shape index (κ2) is 8.32. The van der Waals surface area contributed by atoms with Gasteiger partial charge in [0.15, 0.2) is 0 Å². The van der Waals surface area contributed by atoms with Crippen LogP contribution >= 0.6 is 23.2 Å². The van der Waals surface area contributed by atoms with E-state index < -0.39 is 10.0 Å². The third-order valence-electron chi connectivity index (χ3n) is 3.65. The van der Waals surface area contributed by atoms with Crippen molar-refractivity contribution in [1.82, 2.24) is 9.62 Å². The van der Waals surface area contributed by atoms with Gasteiger partial charge < -0.3 is 4.90 Å². The molecular formula is C17H20Cl2N2O2S. The van der Waals surface area contributed by atoms with Gasteiger partial charge in [0.2, 0.25) is 10.0 Å². The first-order chi connectivity index (χ1) is 11.3. The molecule has 2 aromatic rings. The van der Waals surface area contributed by atoms with Crippen LogP contribution in [0.3, 0.4) is 0 Å². The largest absolute Gasteiger partial charge is 0.301 e. The molecule has 0 heterocycles. The lowest BCUT2D eigenvalue weighted by atomic mass is 10.1. The molecule has 1 unspecified atom stereocenters. The van der Waals surface area contributed by atoms with Gasteiger partial charge in [-0.1, -0.05) is 53.5 Å². The molecule has 0 fully saturated rings. The minimum atomic E-state index is -3.46. The molecule has 0 amide bonds. The van der Waals surface area contributed by atoms with Crippen molar-refractivity contribution in [3.63, 3.8) is 0 Å². The van der Waals surface area contributed by atoms with E-state index in [0.29, 0.717) is 15.6 Å². The Balaban J connectivity index is 2.08. The molecule has 0 aliphatic carbocycles. The maximum atomic E-state index is 12.3. The summed E-state index contributed by atoms with van der Waals surface area (Å²) >= 11 is 12.1. The average Bonchev–Trinajstić information content (AvgIpc) is 2.51. The van der Waals surface area contributed by atoms with Crippen LogP contribution in [0.25, 0.3) is 0 Å². The Kier molecular flexibility index (Phi) is 6.66. The fourth-order valence-corrected chi connectivity index (χ4v) is 3.91. The molecule has 2 rings (SSSR count). The van der Waals surface area contributed by atoms with Crippen molar-refractivity contribution in [1.29, 1.82) is 0 Å². The minimum absolute atomic E-state index is 0.0904. The highest BCUT2D eigenvalue weighted by Gasteiger charge is 2.20. The number of likely N-dealkylation sites (N-methyl/N-ethyl adjacent to an activating group) is 1. The molecule has 1 N–H and O–H groups in total. The molecule has 0 bridgehead atoms. The van der Waals surface area contributed by atoms with Crippen molar-refractivity contribution in [2.45, 2.75) is 11.8 Å². The smallest absolute Gasteiger partial charge is 0.215 e. The van der Waals surface area contributed by atoms with Crippen LogP contribution in [0.1, 0.15) is 17.2 Å². The molecule has 0 spiro atoms. The lowest BCUT2D eigenvalue weighted by Crippen LogP contribution is -2.35. The lowest BCUT2D eigenvalue weighted by molar-refractivity contribution is 0.299. The van der Waals surface area contributed by atoms with Crippen molar-refractivity contribution in [3.05, 3.63) is 69.7 Å². The van der Waals surface area contributed by atoms with Crippen molar-refractivity contribution in [2.24, 2.45) is 0 Å². The van der Waals surface area contributed by atoms with Gasteiger partial charge in [0, 0.05) is 22.6 Å². The van der Waals surface area contributed by atoms with Crippen molar-refractivity contribution in [3.8, 4) is 0 Å². The van der Waals surface area contributed by atoms with Gasteiger partial charge in [0.25, 0.3) is 0 Å². The quantitative estimate of drug-likeness (QED) is 0.788. The summed E-state index contributed by atoms with van der Waals surface area (Å²) in [6.45, 7) is 0.243. The predicted octanol–water partition coefficient (Wildman–Crippen LogP) is 3.72. The van der Waals surface area contributed by atoms with Gasteiger partial charge in [-0.3, -0.25) is 0 Å². The van der Waals surface area contributed by atoms with Gasteiger partial charge >= 0.3 is 0 Å². The fraction of sp³-hybridized carbons (Fsp3) is 0.294. The van der Waals surface area contributed by atoms with E-state index in [1.54, 1.807) is 30.3 Å². The summed E-state index contributed by atoms with van der Waals surface area (Å²) in [7, 11) is 0.321. The Morgan fingerprint density at radius 1 is 1.04 bits per heavy atom. The maximum absolute atomic E-state index is 12.3. The van der Waals surface area contributed by atoms with Crippen molar-refractivity contribution < 1.29 is 8.42 Å². The summed E-state index contributed by atoms with van der Waals surface area (Å²) in [5.41, 5.74) is 1.57. The summed E-state index contributed by atoms with van der Waals surface area (Å²) in [4.78, 5) is 1.94. The van der Waals surface area contributed by atoms with Gasteiger partial charge in [-0.2, -0.15) is 0 Å². The van der Waals surface area contributed by atoms with Crippen LogP contribution in [0, 0.1) is 0 Å². The summed E-state index contributed by atoms with van der Waals surface area (Å²) < 4.78 is 27.3. The Morgan fingerprint density at radius 3 is 2.25 bits per heavy atom. The molecule has 0 radical (unpaired) electrons. The number of hydrogen-bond acceptors (Lipinski definition) is 3. The third-order valence-corrected chi connectivity index (χ3v) is 5.57. The second-order valence-corrected chi connectivity index (χ2v) is 8.39. The SMILES string of the molecule is CN(C)C(CNS(=O)(=O)Cc1ccc(Cl)cc1)c1ccccc1Cl. The zero-order chi connectivity index (χ0) is 17.7. The second-order valence-electron chi connectivity index (χ2n) is 5.73. The Labute approximate surface area is 153 Å². The first-order valence-electron chi connectivity index (χ1n) is 7.41. The van der Waals surface area contributed by atoms with Crippen LogP contribution in [-0.4, -0.2) is 34.0 Å². The highest BCUT2D eigenvalue weighted by atomic mass is 35.5. The first-order valence-corrected chi connectivity index (χ1v) is 9.82. The summed E-state index contributed by atoms with van der Waals surface area (Å²) in [5, 5.41) is 1.20. The molecule has 0 saturated carbocycles. The number of nitrogens with zero attached hydrogens (tertiary/aromatic N) is 1. The predicted molar refractivity (Wildman–Crippen MR) is 100.0 cm³/mol. The first kappa shape index (κ1) is 19.2. The zero-order valence-electron chi connectivity index (χ0n) is 13.5. The van der Waals surface area contributed by atoms with Crippen LogP contribution < -0.4 is 4.72 Å². The molecule has 2 aromatic carbocycles. The molecule has 0 aliphatic heterocycles. The number of rotatable bonds is 7. The summed E-state index contributed by atoms with van der Waals surface area (Å²) in [6.07, 6.45) is 0. The molecule has 1 atom stereocenters. The standard InChI is InChI=1S/C17H20Cl2N2O2S/c1-21(2)17(15-5-3-4-6-16(15)19)11-20-24(22,23)12-13-7-9-14(18)10-8-13/h3-10,17,20H,11-12H2,1-2H3. The number of halogens is 2. The summed E-state index contributed by atoms with van der Waals surface area (Å²) in [5.74, 6) is -0.0904. The monoisotopic (exact) mass is 386 g/mol. The van der Waals surface area contributed by atoms with Gasteiger partial charge in [-0.15, -0.1) is 0 Å². The fourth-order valence-electron chi connectivity index (χ4n) is 2.37. The molecule has 0 saturated heterocycles. The van der Waals surface area contributed by atoms with Gasteiger partial charge in [0.05, 0.1) is 5.75 Å². The molecule has 130 valence electrons. The number of hydrogen-bond donors (Lipinski definition) is 1. The van der Waals surface area contributed by atoms with Crippen LogP contribution in [0.2, 0.25) is 10.0 Å². The van der Waals surface area contributed by atoms with Gasteiger partial charge in [0.1, 0.15) is 0 Å². The number of benzene rings is 2. The van der Waals surface area contributed by atoms with Crippen molar-refractivity contribution in [2.75, 3.05) is 20.6 Å². The normalized spacial score (nSPS) is 13.2. The number of sulfonamides is 1. The summed E-state index contributed by atoms with van der Waals surface area (Å²) in [6, 6.07) is 14.1. The van der Waals surface area contributed by atoms with E-state index >= 15 is 0 Å².